The third-order valence-corrected chi connectivity index (χ3v) is 4.27. The van der Waals surface area contributed by atoms with E-state index in [1.165, 1.54) is 11.8 Å². The number of carbonyl (C=O) groups excluding carboxylic acids is 1. The van der Waals surface area contributed by atoms with Crippen molar-refractivity contribution in [3.8, 4) is 0 Å². The van der Waals surface area contributed by atoms with Gasteiger partial charge in [0, 0.05) is 22.6 Å². The average Bonchev–Trinajstić information content (AvgIpc) is 2.55. The van der Waals surface area contributed by atoms with E-state index in [2.05, 4.69) is 0 Å². The van der Waals surface area contributed by atoms with Crippen LogP contribution in [0.3, 0.4) is 0 Å². The number of hydrogen-bond acceptors (Lipinski definition) is 4. The number of thioether (sulfide) groups is 1. The molecular weight excluding hydrogens is 298 g/mol. The highest BCUT2D eigenvalue weighted by Crippen LogP contribution is 2.16. The normalized spacial score (nSPS) is 11.9. The largest absolute Gasteiger partial charge is 0.480 e. The highest BCUT2D eigenvalue weighted by Gasteiger charge is 2.11. The summed E-state index contributed by atoms with van der Waals surface area (Å²) in [5, 5.41) is 8.71. The number of carboxylic acids is 1. The molecule has 2 aromatic rings. The third-order valence-electron chi connectivity index (χ3n) is 3.14. The first-order valence-corrected chi connectivity index (χ1v) is 7.98. The molecule has 3 N–H and O–H groups in total. The summed E-state index contributed by atoms with van der Waals surface area (Å²) in [5.41, 5.74) is 7.78. The summed E-state index contributed by atoms with van der Waals surface area (Å²) in [5.74, 6) is 0.0323. The molecule has 0 spiro atoms. The van der Waals surface area contributed by atoms with Crippen LogP contribution in [0.5, 0.6) is 0 Å². The summed E-state index contributed by atoms with van der Waals surface area (Å²) in [6.07, 6.45) is 0. The second kappa shape index (κ2) is 7.77. The Morgan fingerprint density at radius 2 is 1.59 bits per heavy atom. The van der Waals surface area contributed by atoms with Gasteiger partial charge < -0.3 is 10.8 Å². The van der Waals surface area contributed by atoms with Crippen LogP contribution in [0, 0.1) is 0 Å². The molecule has 0 saturated heterocycles. The van der Waals surface area contributed by atoms with Crippen molar-refractivity contribution in [2.45, 2.75) is 11.8 Å². The zero-order valence-electron chi connectivity index (χ0n) is 11.9. The van der Waals surface area contributed by atoms with E-state index in [9.17, 15) is 9.59 Å². The zero-order valence-corrected chi connectivity index (χ0v) is 12.8. The first-order chi connectivity index (χ1) is 10.6. The van der Waals surface area contributed by atoms with Crippen LogP contribution in [-0.2, 0) is 10.5 Å². The number of hydrogen-bond donors (Lipinski definition) is 2. The first-order valence-electron chi connectivity index (χ1n) is 6.83. The molecule has 1 atom stereocenters. The molecule has 0 saturated carbocycles. The molecule has 0 heterocycles. The Kier molecular flexibility index (Phi) is 5.75. The second-order valence-electron chi connectivity index (χ2n) is 4.85. The standard InChI is InChI=1S/C17H17NO3S/c18-15(17(20)21)11-22-10-12-6-8-14(9-7-12)16(19)13-4-2-1-3-5-13/h1-9,15H,10-11,18H2,(H,20,21). The van der Waals surface area contributed by atoms with Crippen LogP contribution >= 0.6 is 11.8 Å². The van der Waals surface area contributed by atoms with Gasteiger partial charge in [-0.05, 0) is 5.56 Å². The van der Waals surface area contributed by atoms with Crippen LogP contribution in [0.25, 0.3) is 0 Å². The summed E-state index contributed by atoms with van der Waals surface area (Å²) >= 11 is 1.46. The van der Waals surface area contributed by atoms with E-state index in [-0.39, 0.29) is 5.78 Å². The van der Waals surface area contributed by atoms with E-state index < -0.39 is 12.0 Å². The van der Waals surface area contributed by atoms with Crippen LogP contribution in [0.1, 0.15) is 21.5 Å². The summed E-state index contributed by atoms with van der Waals surface area (Å²) in [6.45, 7) is 0. The minimum absolute atomic E-state index is 0.00676. The molecule has 2 aromatic carbocycles. The van der Waals surface area contributed by atoms with Crippen molar-refractivity contribution in [2.24, 2.45) is 5.73 Å². The van der Waals surface area contributed by atoms with Gasteiger partial charge in [-0.15, -0.1) is 0 Å². The lowest BCUT2D eigenvalue weighted by Crippen LogP contribution is -2.32. The quantitative estimate of drug-likeness (QED) is 0.768. The smallest absolute Gasteiger partial charge is 0.321 e. The van der Waals surface area contributed by atoms with Crippen LogP contribution in [-0.4, -0.2) is 28.7 Å². The van der Waals surface area contributed by atoms with E-state index in [4.69, 9.17) is 10.8 Å². The van der Waals surface area contributed by atoms with Crippen LogP contribution < -0.4 is 5.73 Å². The van der Waals surface area contributed by atoms with E-state index in [1.807, 2.05) is 30.3 Å². The first kappa shape index (κ1) is 16.3. The Labute approximate surface area is 133 Å². The molecule has 0 aromatic heterocycles. The minimum atomic E-state index is -0.990. The molecule has 0 amide bonds. The zero-order chi connectivity index (χ0) is 15.9. The second-order valence-corrected chi connectivity index (χ2v) is 5.88. The predicted octanol–water partition coefficient (Wildman–Crippen LogP) is 2.56. The van der Waals surface area contributed by atoms with Crippen molar-refractivity contribution in [3.05, 3.63) is 71.3 Å². The molecule has 22 heavy (non-hydrogen) atoms. The molecule has 114 valence electrons. The fourth-order valence-corrected chi connectivity index (χ4v) is 2.83. The Hall–Kier alpha value is -2.11. The number of aliphatic carboxylic acids is 1. The highest BCUT2D eigenvalue weighted by molar-refractivity contribution is 7.98. The van der Waals surface area contributed by atoms with Gasteiger partial charge >= 0.3 is 5.97 Å². The van der Waals surface area contributed by atoms with Crippen molar-refractivity contribution in [2.75, 3.05) is 5.75 Å². The average molecular weight is 315 g/mol. The van der Waals surface area contributed by atoms with Gasteiger partial charge in [0.1, 0.15) is 6.04 Å². The number of benzene rings is 2. The van der Waals surface area contributed by atoms with Crippen molar-refractivity contribution in [3.63, 3.8) is 0 Å². The molecule has 4 nitrogen and oxygen atoms in total. The third kappa shape index (κ3) is 4.44. The van der Waals surface area contributed by atoms with E-state index >= 15 is 0 Å². The highest BCUT2D eigenvalue weighted by atomic mass is 32.2. The molecule has 0 aliphatic carbocycles. The van der Waals surface area contributed by atoms with Gasteiger partial charge in [0.15, 0.2) is 5.78 Å². The molecule has 0 bridgehead atoms. The van der Waals surface area contributed by atoms with Crippen LogP contribution in [0.2, 0.25) is 0 Å². The van der Waals surface area contributed by atoms with Crippen molar-refractivity contribution in [1.29, 1.82) is 0 Å². The maximum Gasteiger partial charge on any atom is 0.321 e. The molecular formula is C17H17NO3S. The van der Waals surface area contributed by atoms with Crippen molar-refractivity contribution < 1.29 is 14.7 Å². The Bertz CT molecular complexity index is 641. The van der Waals surface area contributed by atoms with Gasteiger partial charge in [-0.2, -0.15) is 11.8 Å². The Balaban J connectivity index is 1.93. The molecule has 1 unspecified atom stereocenters. The molecule has 0 aliphatic rings. The van der Waals surface area contributed by atoms with Gasteiger partial charge in [-0.25, -0.2) is 0 Å². The maximum absolute atomic E-state index is 12.2. The lowest BCUT2D eigenvalue weighted by Gasteiger charge is -2.07. The van der Waals surface area contributed by atoms with E-state index in [0.29, 0.717) is 22.6 Å². The maximum atomic E-state index is 12.2. The lowest BCUT2D eigenvalue weighted by atomic mass is 10.0. The topological polar surface area (TPSA) is 80.4 Å². The summed E-state index contributed by atoms with van der Waals surface area (Å²) in [7, 11) is 0. The fourth-order valence-electron chi connectivity index (χ4n) is 1.88. The van der Waals surface area contributed by atoms with E-state index in [1.54, 1.807) is 24.3 Å². The summed E-state index contributed by atoms with van der Waals surface area (Å²) < 4.78 is 0. The number of carbonyl (C=O) groups is 2. The van der Waals surface area contributed by atoms with Crippen LogP contribution in [0.4, 0.5) is 0 Å². The van der Waals surface area contributed by atoms with Gasteiger partial charge in [-0.1, -0.05) is 54.6 Å². The minimum Gasteiger partial charge on any atom is -0.480 e. The number of carboxylic acid groups (broad SMARTS) is 1. The van der Waals surface area contributed by atoms with Gasteiger partial charge in [0.25, 0.3) is 0 Å². The summed E-state index contributed by atoms with van der Waals surface area (Å²) in [6, 6.07) is 15.6. The van der Waals surface area contributed by atoms with E-state index in [0.717, 1.165) is 5.56 Å². The van der Waals surface area contributed by atoms with Crippen molar-refractivity contribution >= 4 is 23.5 Å². The van der Waals surface area contributed by atoms with Crippen LogP contribution in [0.15, 0.2) is 54.6 Å². The molecule has 5 heteroatoms. The Morgan fingerprint density at radius 3 is 2.18 bits per heavy atom. The molecule has 0 aliphatic heterocycles. The molecule has 0 fully saturated rings. The SMILES string of the molecule is NC(CSCc1ccc(C(=O)c2ccccc2)cc1)C(=O)O. The predicted molar refractivity (Wildman–Crippen MR) is 88.1 cm³/mol. The van der Waals surface area contributed by atoms with Gasteiger partial charge in [0.05, 0.1) is 0 Å². The molecule has 0 radical (unpaired) electrons. The molecule has 2 rings (SSSR count). The monoisotopic (exact) mass is 315 g/mol. The van der Waals surface area contributed by atoms with Gasteiger partial charge in [0.2, 0.25) is 0 Å². The number of ketones is 1. The number of rotatable bonds is 7. The Morgan fingerprint density at radius 1 is 1.00 bits per heavy atom. The van der Waals surface area contributed by atoms with Gasteiger partial charge in [-0.3, -0.25) is 9.59 Å². The fraction of sp³-hybridized carbons (Fsp3) is 0.176. The number of nitrogens with two attached hydrogens (primary N) is 1. The lowest BCUT2D eigenvalue weighted by molar-refractivity contribution is -0.137. The summed E-state index contributed by atoms with van der Waals surface area (Å²) in [4.78, 5) is 22.9. The van der Waals surface area contributed by atoms with Crippen molar-refractivity contribution in [1.82, 2.24) is 0 Å².